The van der Waals surface area contributed by atoms with Crippen LogP contribution in [-0.2, 0) is 20.7 Å². The lowest BCUT2D eigenvalue weighted by Gasteiger charge is -2.64. The molecule has 0 amide bonds. The Bertz CT molecular complexity index is 631. The van der Waals surface area contributed by atoms with Crippen molar-refractivity contribution in [2.24, 2.45) is 23.0 Å². The van der Waals surface area contributed by atoms with Gasteiger partial charge in [0.15, 0.2) is 0 Å². The topological polar surface area (TPSA) is 53.7 Å². The Balaban J connectivity index is 0.00000210. The molecule has 3 saturated carbocycles. The van der Waals surface area contributed by atoms with Crippen LogP contribution in [0.4, 0.5) is 0 Å². The largest absolute Gasteiger partial charge is 0.475 e. The molecule has 2 N–H and O–H groups in total. The van der Waals surface area contributed by atoms with Crippen molar-refractivity contribution in [2.45, 2.75) is 70.7 Å². The first-order valence-electron chi connectivity index (χ1n) is 10.1. The van der Waals surface area contributed by atoms with Crippen LogP contribution in [0.2, 0.25) is 0 Å². The number of benzene rings is 1. The molecular weight excluding hydrogens is 361 g/mol. The van der Waals surface area contributed by atoms with Gasteiger partial charge in [-0.2, -0.15) is 0 Å². The molecule has 0 radical (unpaired) electrons. The van der Waals surface area contributed by atoms with Gasteiger partial charge in [-0.15, -0.1) is 12.4 Å². The minimum absolute atomic E-state index is 0. The van der Waals surface area contributed by atoms with E-state index in [2.05, 4.69) is 32.9 Å². The van der Waals surface area contributed by atoms with E-state index in [1.165, 1.54) is 12.0 Å². The Kier molecular flexibility index (Phi) is 6.29. The van der Waals surface area contributed by atoms with Crippen LogP contribution in [0.15, 0.2) is 30.3 Å². The van der Waals surface area contributed by atoms with E-state index in [9.17, 15) is 0 Å². The van der Waals surface area contributed by atoms with E-state index in [0.29, 0.717) is 24.5 Å². The zero-order valence-corrected chi connectivity index (χ0v) is 17.5. The van der Waals surface area contributed by atoms with E-state index >= 15 is 0 Å². The molecule has 4 nitrogen and oxygen atoms in total. The predicted octanol–water partition coefficient (Wildman–Crippen LogP) is 4.00. The molecule has 1 aromatic carbocycles. The highest BCUT2D eigenvalue weighted by atomic mass is 35.5. The minimum atomic E-state index is -0.269. The zero-order chi connectivity index (χ0) is 18.4. The summed E-state index contributed by atoms with van der Waals surface area (Å²) in [6, 6.07) is 10.3. The van der Waals surface area contributed by atoms with Gasteiger partial charge in [0.1, 0.15) is 0 Å². The average molecular weight is 394 g/mol. The standard InChI is InChI=1S/C21H32BNO3.ClH/c1-20(2)16-12-17(20)21(3)18(13-16)25-22(26-21)19(23)10-7-11-24-14-15-8-5-4-6-9-15;/h4-6,8-9,16-19H,7,10-14,23H2,1-3H3;1H/t16-,17-,18+,19-,21-;/m0./s1. The molecule has 5 atom stereocenters. The van der Waals surface area contributed by atoms with Crippen LogP contribution in [0.25, 0.3) is 0 Å². The fraction of sp³-hybridized carbons (Fsp3) is 0.714. The molecule has 2 bridgehead atoms. The molecule has 27 heavy (non-hydrogen) atoms. The molecule has 1 heterocycles. The van der Waals surface area contributed by atoms with E-state index in [0.717, 1.165) is 25.2 Å². The second-order valence-corrected chi connectivity index (χ2v) is 9.18. The van der Waals surface area contributed by atoms with Crippen LogP contribution in [0, 0.1) is 17.3 Å². The monoisotopic (exact) mass is 393 g/mol. The smallest absolute Gasteiger partial charge is 0.404 e. The second kappa shape index (κ2) is 8.04. The van der Waals surface area contributed by atoms with Crippen molar-refractivity contribution in [2.75, 3.05) is 6.61 Å². The predicted molar refractivity (Wildman–Crippen MR) is 111 cm³/mol. The van der Waals surface area contributed by atoms with E-state index in [-0.39, 0.29) is 37.2 Å². The molecule has 150 valence electrons. The van der Waals surface area contributed by atoms with E-state index in [4.69, 9.17) is 19.8 Å². The molecule has 6 heteroatoms. The van der Waals surface area contributed by atoms with Gasteiger partial charge in [-0.05, 0) is 55.4 Å². The van der Waals surface area contributed by atoms with Crippen LogP contribution in [0.5, 0.6) is 0 Å². The number of nitrogens with two attached hydrogens (primary N) is 1. The van der Waals surface area contributed by atoms with Crippen molar-refractivity contribution in [3.05, 3.63) is 35.9 Å². The van der Waals surface area contributed by atoms with Crippen LogP contribution >= 0.6 is 12.4 Å². The van der Waals surface area contributed by atoms with Crippen molar-refractivity contribution >= 4 is 19.5 Å². The van der Waals surface area contributed by atoms with E-state index in [1.54, 1.807) is 0 Å². The summed E-state index contributed by atoms with van der Waals surface area (Å²) in [5.74, 6) is 1.28. The maximum absolute atomic E-state index is 6.44. The summed E-state index contributed by atoms with van der Waals surface area (Å²) in [6.45, 7) is 8.38. The minimum Gasteiger partial charge on any atom is -0.404 e. The molecule has 1 aliphatic heterocycles. The molecule has 4 aliphatic rings. The maximum Gasteiger partial charge on any atom is 0.475 e. The summed E-state index contributed by atoms with van der Waals surface area (Å²) in [7, 11) is -0.269. The highest BCUT2D eigenvalue weighted by Gasteiger charge is 2.68. The van der Waals surface area contributed by atoms with Gasteiger partial charge in [0, 0.05) is 12.5 Å². The van der Waals surface area contributed by atoms with Crippen LogP contribution < -0.4 is 5.73 Å². The van der Waals surface area contributed by atoms with Gasteiger partial charge in [-0.1, -0.05) is 44.2 Å². The van der Waals surface area contributed by atoms with Gasteiger partial charge >= 0.3 is 7.12 Å². The Labute approximate surface area is 170 Å². The number of hydrogen-bond donors (Lipinski definition) is 1. The van der Waals surface area contributed by atoms with Crippen LogP contribution in [0.3, 0.4) is 0 Å². The van der Waals surface area contributed by atoms with Gasteiger partial charge in [0.2, 0.25) is 0 Å². The molecule has 1 aromatic rings. The highest BCUT2D eigenvalue weighted by Crippen LogP contribution is 2.65. The molecular formula is C21H33BClNO3. The summed E-state index contributed by atoms with van der Waals surface area (Å²) in [6.07, 6.45) is 4.39. The normalized spacial score (nSPS) is 34.4. The van der Waals surface area contributed by atoms with Crippen molar-refractivity contribution in [3.63, 3.8) is 0 Å². The molecule has 0 unspecified atom stereocenters. The maximum atomic E-state index is 6.44. The third-order valence-corrected chi connectivity index (χ3v) is 7.26. The van der Waals surface area contributed by atoms with Gasteiger partial charge in [-0.3, -0.25) is 0 Å². The second-order valence-electron chi connectivity index (χ2n) is 9.18. The summed E-state index contributed by atoms with van der Waals surface area (Å²) >= 11 is 0. The SMILES string of the molecule is CC1(C)[C@@H]2C[C@H]3OB([C@@H](N)CCCOCc4ccccc4)O[C@@]3(C)[C@H]1C2.Cl. The van der Waals surface area contributed by atoms with E-state index in [1.807, 2.05) is 18.2 Å². The Morgan fingerprint density at radius 3 is 2.67 bits per heavy atom. The van der Waals surface area contributed by atoms with Gasteiger partial charge in [-0.25, -0.2) is 0 Å². The Hall–Kier alpha value is -0.585. The number of hydrogen-bond acceptors (Lipinski definition) is 4. The molecule has 4 fully saturated rings. The third kappa shape index (κ3) is 3.82. The van der Waals surface area contributed by atoms with Gasteiger partial charge < -0.3 is 19.8 Å². The first-order valence-corrected chi connectivity index (χ1v) is 10.1. The summed E-state index contributed by atoms with van der Waals surface area (Å²) < 4.78 is 18.5. The Morgan fingerprint density at radius 1 is 1.22 bits per heavy atom. The van der Waals surface area contributed by atoms with Crippen molar-refractivity contribution < 1.29 is 14.0 Å². The zero-order valence-electron chi connectivity index (χ0n) is 16.7. The Morgan fingerprint density at radius 2 is 1.96 bits per heavy atom. The summed E-state index contributed by atoms with van der Waals surface area (Å²) in [4.78, 5) is 0. The van der Waals surface area contributed by atoms with Crippen molar-refractivity contribution in [3.8, 4) is 0 Å². The molecule has 0 aromatic heterocycles. The van der Waals surface area contributed by atoms with E-state index < -0.39 is 0 Å². The quantitative estimate of drug-likeness (QED) is 0.562. The highest BCUT2D eigenvalue weighted by molar-refractivity contribution is 6.47. The van der Waals surface area contributed by atoms with Crippen LogP contribution in [-0.4, -0.2) is 31.4 Å². The lowest BCUT2D eigenvalue weighted by Crippen LogP contribution is -2.65. The molecule has 1 saturated heterocycles. The van der Waals surface area contributed by atoms with Gasteiger partial charge in [0.25, 0.3) is 0 Å². The fourth-order valence-electron chi connectivity index (χ4n) is 5.40. The molecule has 3 aliphatic carbocycles. The average Bonchev–Trinajstić information content (AvgIpc) is 2.99. The first-order chi connectivity index (χ1) is 12.4. The van der Waals surface area contributed by atoms with Crippen molar-refractivity contribution in [1.29, 1.82) is 0 Å². The van der Waals surface area contributed by atoms with Gasteiger partial charge in [0.05, 0.1) is 18.3 Å². The first kappa shape index (κ1) is 21.1. The number of ether oxygens (including phenoxy) is 1. The van der Waals surface area contributed by atoms with Crippen LogP contribution in [0.1, 0.15) is 52.0 Å². The lowest BCUT2D eigenvalue weighted by atomic mass is 9.43. The summed E-state index contributed by atoms with van der Waals surface area (Å²) in [5, 5.41) is 0. The van der Waals surface area contributed by atoms with Crippen molar-refractivity contribution in [1.82, 2.24) is 0 Å². The number of rotatable bonds is 7. The molecule has 0 spiro atoms. The summed E-state index contributed by atoms with van der Waals surface area (Å²) in [5.41, 5.74) is 7.82. The fourth-order valence-corrected chi connectivity index (χ4v) is 5.40. The number of halogens is 1. The molecule has 5 rings (SSSR count). The lowest BCUT2D eigenvalue weighted by molar-refractivity contribution is -0.199. The third-order valence-electron chi connectivity index (χ3n) is 7.26.